The molecule has 29 heavy (non-hydrogen) atoms. The minimum Gasteiger partial charge on any atom is -0.360 e. The zero-order chi connectivity index (χ0) is 20.2. The lowest BCUT2D eigenvalue weighted by Crippen LogP contribution is -2.52. The Morgan fingerprint density at radius 1 is 1.17 bits per heavy atom. The Kier molecular flexibility index (Phi) is 5.80. The average molecular weight is 410 g/mol. The maximum atomic E-state index is 4.58. The fraction of sp³-hybridized carbons (Fsp3) is 0.381. The first-order valence-corrected chi connectivity index (χ1v) is 10.7. The van der Waals surface area contributed by atoms with Gasteiger partial charge in [0.05, 0.1) is 10.7 Å². The molecule has 4 rings (SSSR count). The van der Waals surface area contributed by atoms with Gasteiger partial charge in [0.1, 0.15) is 0 Å². The quantitative estimate of drug-likeness (QED) is 0.530. The normalized spacial score (nSPS) is 15.1. The van der Waals surface area contributed by atoms with E-state index in [1.807, 2.05) is 37.8 Å². The van der Waals surface area contributed by atoms with Crippen molar-refractivity contribution in [2.45, 2.75) is 20.4 Å². The summed E-state index contributed by atoms with van der Waals surface area (Å²) in [4.78, 5) is 13.8. The molecule has 1 aliphatic rings. The van der Waals surface area contributed by atoms with Crippen LogP contribution in [0.25, 0.3) is 5.82 Å². The third-order valence-corrected chi connectivity index (χ3v) is 6.02. The van der Waals surface area contributed by atoms with Crippen LogP contribution < -0.4 is 10.2 Å². The van der Waals surface area contributed by atoms with Gasteiger partial charge in [-0.2, -0.15) is 5.10 Å². The first kappa shape index (κ1) is 19.4. The molecule has 0 atom stereocenters. The summed E-state index contributed by atoms with van der Waals surface area (Å²) in [6, 6.07) is 10.5. The maximum absolute atomic E-state index is 4.58. The van der Waals surface area contributed by atoms with Gasteiger partial charge in [0.2, 0.25) is 0 Å². The predicted molar refractivity (Wildman–Crippen MR) is 119 cm³/mol. The topological polar surface area (TPSA) is 61.6 Å². The molecule has 7 nitrogen and oxygen atoms in total. The number of aliphatic imine (C=N–C) groups is 1. The Labute approximate surface area is 175 Å². The number of aromatic nitrogens is 3. The molecule has 0 saturated carbocycles. The Hall–Kier alpha value is -2.87. The highest BCUT2D eigenvalue weighted by Gasteiger charge is 2.20. The average Bonchev–Trinajstić information content (AvgIpc) is 3.39. The van der Waals surface area contributed by atoms with Gasteiger partial charge in [-0.25, -0.2) is 9.67 Å². The van der Waals surface area contributed by atoms with E-state index in [0.717, 1.165) is 54.9 Å². The summed E-state index contributed by atoms with van der Waals surface area (Å²) < 4.78 is 1.87. The number of hydrogen-bond donors (Lipinski definition) is 1. The van der Waals surface area contributed by atoms with Crippen molar-refractivity contribution in [2.24, 2.45) is 4.99 Å². The SMILES string of the molecule is CN=C(NCc1ccc(-n2nc(C)cc2C)nc1)N1CCN(c2cccs2)CC1. The Balaban J connectivity index is 1.32. The van der Waals surface area contributed by atoms with E-state index in [9.17, 15) is 0 Å². The summed E-state index contributed by atoms with van der Waals surface area (Å²) in [6.45, 7) is 8.69. The van der Waals surface area contributed by atoms with Crippen LogP contribution in [0, 0.1) is 13.8 Å². The van der Waals surface area contributed by atoms with Crippen molar-refractivity contribution in [2.75, 3.05) is 38.1 Å². The van der Waals surface area contributed by atoms with Gasteiger partial charge in [-0.3, -0.25) is 4.99 Å². The van der Waals surface area contributed by atoms with E-state index in [0.29, 0.717) is 6.54 Å². The van der Waals surface area contributed by atoms with Crippen LogP contribution in [-0.4, -0.2) is 58.9 Å². The molecule has 1 N–H and O–H groups in total. The van der Waals surface area contributed by atoms with E-state index in [2.05, 4.69) is 59.8 Å². The molecule has 4 heterocycles. The second-order valence-electron chi connectivity index (χ2n) is 7.19. The highest BCUT2D eigenvalue weighted by molar-refractivity contribution is 7.14. The number of rotatable bonds is 4. The van der Waals surface area contributed by atoms with Crippen molar-refractivity contribution in [1.82, 2.24) is 25.0 Å². The van der Waals surface area contributed by atoms with Gasteiger partial charge >= 0.3 is 0 Å². The maximum Gasteiger partial charge on any atom is 0.194 e. The Morgan fingerprint density at radius 2 is 2.00 bits per heavy atom. The number of nitrogens with one attached hydrogen (secondary N) is 1. The largest absolute Gasteiger partial charge is 0.360 e. The van der Waals surface area contributed by atoms with Gasteiger partial charge in [0, 0.05) is 51.7 Å². The number of hydrogen-bond acceptors (Lipinski definition) is 5. The van der Waals surface area contributed by atoms with Crippen molar-refractivity contribution >= 4 is 22.3 Å². The molecule has 8 heteroatoms. The van der Waals surface area contributed by atoms with E-state index in [-0.39, 0.29) is 0 Å². The number of piperazine rings is 1. The summed E-state index contributed by atoms with van der Waals surface area (Å²) in [6.07, 6.45) is 1.90. The summed E-state index contributed by atoms with van der Waals surface area (Å²) in [5, 5.41) is 11.5. The molecule has 0 spiro atoms. The number of pyridine rings is 1. The molecule has 0 amide bonds. The van der Waals surface area contributed by atoms with Crippen LogP contribution in [0.4, 0.5) is 5.00 Å². The van der Waals surface area contributed by atoms with Crippen LogP contribution >= 0.6 is 11.3 Å². The Bertz CT molecular complexity index is 952. The molecular weight excluding hydrogens is 382 g/mol. The highest BCUT2D eigenvalue weighted by Crippen LogP contribution is 2.22. The van der Waals surface area contributed by atoms with Crippen LogP contribution in [0.1, 0.15) is 17.0 Å². The summed E-state index contributed by atoms with van der Waals surface area (Å²) in [7, 11) is 1.85. The summed E-state index contributed by atoms with van der Waals surface area (Å²) >= 11 is 1.80. The van der Waals surface area contributed by atoms with Crippen molar-refractivity contribution in [1.29, 1.82) is 0 Å². The number of guanidine groups is 1. The van der Waals surface area contributed by atoms with Gasteiger partial charge in [-0.05, 0) is 49.1 Å². The van der Waals surface area contributed by atoms with Gasteiger partial charge in [0.25, 0.3) is 0 Å². The second kappa shape index (κ2) is 8.65. The van der Waals surface area contributed by atoms with E-state index < -0.39 is 0 Å². The third kappa shape index (κ3) is 4.42. The minimum atomic E-state index is 0.697. The van der Waals surface area contributed by atoms with Crippen LogP contribution in [0.15, 0.2) is 46.9 Å². The monoisotopic (exact) mass is 409 g/mol. The van der Waals surface area contributed by atoms with Crippen molar-refractivity contribution < 1.29 is 0 Å². The molecule has 3 aromatic rings. The number of nitrogens with zero attached hydrogens (tertiary/aromatic N) is 6. The minimum absolute atomic E-state index is 0.697. The first-order chi connectivity index (χ1) is 14.1. The van der Waals surface area contributed by atoms with Gasteiger partial charge < -0.3 is 15.1 Å². The molecule has 0 bridgehead atoms. The van der Waals surface area contributed by atoms with Crippen LogP contribution in [0.5, 0.6) is 0 Å². The first-order valence-electron chi connectivity index (χ1n) is 9.86. The van der Waals surface area contributed by atoms with Crippen LogP contribution in [0.3, 0.4) is 0 Å². The van der Waals surface area contributed by atoms with E-state index in [1.54, 1.807) is 11.3 Å². The third-order valence-electron chi connectivity index (χ3n) is 5.10. The summed E-state index contributed by atoms with van der Waals surface area (Å²) in [5.74, 6) is 1.78. The smallest absolute Gasteiger partial charge is 0.194 e. The molecule has 1 aliphatic heterocycles. The standard InChI is InChI=1S/C21H27N7S/c1-16-13-17(2)28(25-16)19-7-6-18(14-23-19)15-24-21(22-3)27-10-8-26(9-11-27)20-5-4-12-29-20/h4-7,12-14H,8-11,15H2,1-3H3,(H,22,24). The van der Waals surface area contributed by atoms with Crippen molar-refractivity contribution in [3.8, 4) is 5.82 Å². The van der Waals surface area contributed by atoms with Gasteiger partial charge in [0.15, 0.2) is 11.8 Å². The van der Waals surface area contributed by atoms with E-state index in [1.165, 1.54) is 5.00 Å². The second-order valence-corrected chi connectivity index (χ2v) is 8.12. The van der Waals surface area contributed by atoms with Crippen LogP contribution in [-0.2, 0) is 6.54 Å². The fourth-order valence-corrected chi connectivity index (χ4v) is 4.39. The lowest BCUT2D eigenvalue weighted by atomic mass is 10.2. The molecular formula is C21H27N7S. The van der Waals surface area contributed by atoms with Crippen LogP contribution in [0.2, 0.25) is 0 Å². The number of aryl methyl sites for hydroxylation is 2. The molecule has 0 radical (unpaired) electrons. The highest BCUT2D eigenvalue weighted by atomic mass is 32.1. The molecule has 152 valence electrons. The van der Waals surface area contributed by atoms with E-state index in [4.69, 9.17) is 0 Å². The fourth-order valence-electron chi connectivity index (χ4n) is 3.61. The van der Waals surface area contributed by atoms with Gasteiger partial charge in [-0.15, -0.1) is 11.3 Å². The molecule has 0 unspecified atom stereocenters. The molecule has 1 saturated heterocycles. The predicted octanol–water partition coefficient (Wildman–Crippen LogP) is 2.84. The van der Waals surface area contributed by atoms with Crippen molar-refractivity contribution in [3.63, 3.8) is 0 Å². The van der Waals surface area contributed by atoms with Crippen molar-refractivity contribution in [3.05, 3.63) is 58.9 Å². The summed E-state index contributed by atoms with van der Waals surface area (Å²) in [5.41, 5.74) is 3.20. The number of thiophene rings is 1. The van der Waals surface area contributed by atoms with E-state index >= 15 is 0 Å². The molecule has 0 aliphatic carbocycles. The zero-order valence-corrected chi connectivity index (χ0v) is 18.0. The zero-order valence-electron chi connectivity index (χ0n) is 17.2. The lowest BCUT2D eigenvalue weighted by molar-refractivity contribution is 0.373. The van der Waals surface area contributed by atoms with Gasteiger partial charge in [-0.1, -0.05) is 6.07 Å². The number of anilines is 1. The molecule has 1 fully saturated rings. The molecule has 0 aromatic carbocycles. The Morgan fingerprint density at radius 3 is 2.59 bits per heavy atom. The molecule has 3 aromatic heterocycles. The lowest BCUT2D eigenvalue weighted by Gasteiger charge is -2.37.